The molecule has 43 heteroatoms. The minimum atomic E-state index is -6.77. The van der Waals surface area contributed by atoms with E-state index in [1.165, 1.54) is 112 Å². The van der Waals surface area contributed by atoms with Crippen LogP contribution in [0.2, 0.25) is 0 Å². The second-order valence-electron chi connectivity index (χ2n) is 35.8. The van der Waals surface area contributed by atoms with Crippen molar-refractivity contribution in [2.24, 2.45) is 23.2 Å². The van der Waals surface area contributed by atoms with Crippen LogP contribution in [-0.2, 0) is 102 Å². The maximum Gasteiger partial charge on any atom is 0.508 e. The van der Waals surface area contributed by atoms with Crippen LogP contribution >= 0.6 is 0 Å². The topological polar surface area (TPSA) is 194 Å². The molecule has 5 aliphatic rings. The Hall–Kier alpha value is -9.01. The SMILES string of the molecule is CC(F)(F)C(F)(F)C(F)(F)C(F)(F)F.CCCCc1ccc([S+](c2ccc(CCCC)cc2)c2c(C)cccc2C(F)(F)F)cc1.COc1cccc([S+](c2cccc(OC)c2)c2c(F)c(F)c(F)c(F)c2F)c1.Cc1ccccc1[S+](c1ccc(C(C)(C)C)cc1)c1ccc(C(C)(C)C)cc1.O=C(OCC(F)S(=O)(=O)[O-])OCC12CC3CC(CC(C3)C1)C2.O=S1(=O)[N-]S(=O)(=O)C(F)(F)C(F)(F)C1(F)F. The zero-order valence-electron chi connectivity index (χ0n) is 77.5. The van der Waals surface area contributed by atoms with E-state index >= 15 is 0 Å². The Kier molecular flexibility index (Phi) is 37.8. The number of nitrogens with zero attached hydrogens (tertiary/aromatic N) is 1. The van der Waals surface area contributed by atoms with E-state index < -0.39 is 163 Å². The van der Waals surface area contributed by atoms with E-state index in [9.17, 15) is 140 Å². The van der Waals surface area contributed by atoms with Gasteiger partial charge in [0.15, 0.2) is 59.2 Å². The van der Waals surface area contributed by atoms with Crippen molar-refractivity contribution in [2.45, 2.75) is 260 Å². The number of ether oxygens (including phenoxy) is 4. The number of hydrogen-bond acceptors (Lipinski definition) is 12. The number of rotatable bonds is 24. The van der Waals surface area contributed by atoms with Gasteiger partial charge in [-0.25, -0.2) is 47.6 Å². The van der Waals surface area contributed by atoms with Gasteiger partial charge in [0, 0.05) is 35.6 Å². The molecule has 1 saturated heterocycles. The maximum atomic E-state index is 14.6. The predicted molar refractivity (Wildman–Crippen MR) is 482 cm³/mol. The summed E-state index contributed by atoms with van der Waals surface area (Å²) in [5.74, 6) is -32.3. The lowest BCUT2D eigenvalue weighted by atomic mass is 9.50. The Bertz CT molecular complexity index is 5790. The number of hydrogen-bond donors (Lipinski definition) is 0. The molecule has 14 rings (SSSR count). The Balaban J connectivity index is 0.000000210. The highest BCUT2D eigenvalue weighted by Gasteiger charge is 2.82. The van der Waals surface area contributed by atoms with Crippen molar-refractivity contribution in [3.63, 3.8) is 0 Å². The van der Waals surface area contributed by atoms with Gasteiger partial charge >= 0.3 is 52.7 Å². The summed E-state index contributed by atoms with van der Waals surface area (Å²) < 4.78 is 398. The molecule has 9 aromatic carbocycles. The van der Waals surface area contributed by atoms with Crippen LogP contribution < -0.4 is 9.47 Å². The highest BCUT2D eigenvalue weighted by molar-refractivity contribution is 8.13. The average molecular weight is 2120 g/mol. The zero-order valence-corrected chi connectivity index (χ0v) is 82.4. The van der Waals surface area contributed by atoms with Crippen LogP contribution in [0, 0.1) is 66.1 Å². The van der Waals surface area contributed by atoms with Crippen LogP contribution in [0.1, 0.15) is 165 Å². The molecule has 4 bridgehead atoms. The second kappa shape index (κ2) is 45.5. The summed E-state index contributed by atoms with van der Waals surface area (Å²) in [4.78, 5) is 17.6. The Morgan fingerprint density at radius 1 is 0.471 bits per heavy atom. The van der Waals surface area contributed by atoms with Gasteiger partial charge in [-0.05, 0) is 214 Å². The first-order valence-electron chi connectivity index (χ1n) is 43.1. The standard InChI is InChI=1S/C28H32F3S.C27H33S.C20H14F5O2S.C14H21FO6S.C5H3F9.C3F6NO4S2/c1-4-6-10-22-13-17-24(18-14-22)32(25-19-15-23(16-20-25)11-7-5-2)27-21(3)9-8-12-26(27)28(29,30)31;1-20-10-8-9-11-25(20)28(23-16-12-21(13-17-23)26(2,3)4)24-18-14-22(15-19-24)27(5,6)7;1-26-11-5-3-7-13(9-11)28(14-8-4-6-12(10-14)27-2)20-18(24)16(22)15(21)17(23)19(20)25;15-12(22(17,18)19)7-20-13(16)21-8-14-4-9-1-10(5-14)3-11(2-9)6-14;1-2(6,7)3(8,9)4(10,11)5(12,13)14;4-1(5)2(6,7)15(11,12)10-16(13,14)3(1,8)9/h8-9,12-20H,4-7,10-11H2,1-3H3;8-19H,1-7H3;3-10H,1-2H3;9-12H,1-8H2,(H,17,18,19);1H3;/q3*+1;;;-1/p-1. The van der Waals surface area contributed by atoms with E-state index in [4.69, 9.17) is 14.2 Å². The van der Waals surface area contributed by atoms with Gasteiger partial charge in [0.25, 0.3) is 0 Å². The molecule has 0 amide bonds. The third-order valence-electron chi connectivity index (χ3n) is 23.0. The summed E-state index contributed by atoms with van der Waals surface area (Å²) in [6.07, 6.45) is 1.19. The number of carbonyl (C=O) groups is 1. The first-order valence-corrected chi connectivity index (χ1v) is 51.1. The van der Waals surface area contributed by atoms with E-state index in [1.807, 2.05) is 24.3 Å². The van der Waals surface area contributed by atoms with Crippen molar-refractivity contribution in [1.29, 1.82) is 0 Å². The van der Waals surface area contributed by atoms with Gasteiger partial charge in [-0.1, -0.05) is 159 Å². The highest BCUT2D eigenvalue weighted by Crippen LogP contribution is 2.61. The van der Waals surface area contributed by atoms with Gasteiger partial charge in [-0.15, -0.1) is 0 Å². The summed E-state index contributed by atoms with van der Waals surface area (Å²) in [6.45, 7) is 20.4. The minimum Gasteiger partial charge on any atom is -0.746 e. The normalized spacial score (nSPS) is 18.7. The fraction of sp³-hybridized carbons (Fsp3) is 0.433. The first-order chi connectivity index (χ1) is 64.5. The number of halogens is 24. The molecule has 4 aliphatic carbocycles. The lowest BCUT2D eigenvalue weighted by Crippen LogP contribution is -2.64. The van der Waals surface area contributed by atoms with Crippen LogP contribution in [0.25, 0.3) is 4.13 Å². The lowest BCUT2D eigenvalue weighted by Gasteiger charge is -2.56. The Labute approximate surface area is 805 Å². The molecule has 0 N–H and O–H groups in total. The van der Waals surface area contributed by atoms with Crippen molar-refractivity contribution in [3.05, 3.63) is 260 Å². The van der Waals surface area contributed by atoms with E-state index in [0.29, 0.717) is 49.5 Å². The quantitative estimate of drug-likeness (QED) is 0.0139. The molecule has 9 aromatic rings. The number of benzene rings is 9. The molecule has 0 radical (unpaired) electrons. The number of methoxy groups -OCH3 is 2. The molecule has 4 saturated carbocycles. The minimum absolute atomic E-state index is 0.00744. The molecular weight excluding hydrogens is 2020 g/mol. The molecule has 770 valence electrons. The van der Waals surface area contributed by atoms with Crippen molar-refractivity contribution in [3.8, 4) is 11.5 Å². The van der Waals surface area contributed by atoms with Crippen molar-refractivity contribution in [2.75, 3.05) is 27.4 Å². The van der Waals surface area contributed by atoms with Crippen LogP contribution in [0.3, 0.4) is 0 Å². The molecule has 1 unspecified atom stereocenters. The van der Waals surface area contributed by atoms with Gasteiger partial charge in [-0.2, -0.15) is 87.8 Å². The van der Waals surface area contributed by atoms with Crippen molar-refractivity contribution in [1.82, 2.24) is 0 Å². The molecule has 140 heavy (non-hydrogen) atoms. The maximum absolute atomic E-state index is 14.6. The molecule has 0 spiro atoms. The monoisotopic (exact) mass is 2120 g/mol. The van der Waals surface area contributed by atoms with Gasteiger partial charge in [0.2, 0.25) is 39.5 Å². The first kappa shape index (κ1) is 116. The third kappa shape index (κ3) is 27.1. The van der Waals surface area contributed by atoms with E-state index in [-0.39, 0.29) is 33.7 Å². The molecule has 1 aliphatic heterocycles. The summed E-state index contributed by atoms with van der Waals surface area (Å²) in [7, 11) is -18.0. The molecule has 1 atom stereocenters. The molecule has 13 nitrogen and oxygen atoms in total. The number of sulfonamides is 2. The zero-order chi connectivity index (χ0) is 105. The van der Waals surface area contributed by atoms with Gasteiger partial charge in [0.05, 0.1) is 25.1 Å². The van der Waals surface area contributed by atoms with Crippen molar-refractivity contribution < 1.29 is 159 Å². The largest absolute Gasteiger partial charge is 0.746 e. The molecule has 0 aromatic heterocycles. The second-order valence-corrected chi connectivity index (χ2v) is 46.7. The summed E-state index contributed by atoms with van der Waals surface area (Å²) in [6, 6.07) is 60.6. The Morgan fingerprint density at radius 3 is 1.19 bits per heavy atom. The van der Waals surface area contributed by atoms with Gasteiger partial charge in [-0.3, -0.25) is 0 Å². The summed E-state index contributed by atoms with van der Waals surface area (Å²) in [5.41, 5.74) is 4.32. The van der Waals surface area contributed by atoms with E-state index in [0.717, 1.165) is 71.7 Å². The van der Waals surface area contributed by atoms with Crippen molar-refractivity contribution >= 4 is 69.0 Å². The van der Waals surface area contributed by atoms with Crippen LogP contribution in [0.5, 0.6) is 11.5 Å². The lowest BCUT2D eigenvalue weighted by molar-refractivity contribution is -0.393. The van der Waals surface area contributed by atoms with E-state index in [1.54, 1.807) is 37.3 Å². The average Bonchev–Trinajstić information content (AvgIpc) is 0.691. The van der Waals surface area contributed by atoms with Crippen LogP contribution in [0.15, 0.2) is 232 Å². The van der Waals surface area contributed by atoms with Crippen LogP contribution in [-0.4, -0.2) is 109 Å². The number of carbonyl (C=O) groups excluding carboxylic acids is 1. The summed E-state index contributed by atoms with van der Waals surface area (Å²) in [5, 5.41) is -12.6. The highest BCUT2D eigenvalue weighted by atomic mass is 32.3. The van der Waals surface area contributed by atoms with Gasteiger partial charge < -0.3 is 27.6 Å². The number of aryl methyl sites for hydroxylation is 4. The van der Waals surface area contributed by atoms with E-state index in [2.05, 4.69) is 164 Å². The summed E-state index contributed by atoms with van der Waals surface area (Å²) >= 11 is 0. The predicted octanol–water partition coefficient (Wildman–Crippen LogP) is 28.5. The molecular formula is C97H102F24NO12S6+. The molecule has 1 heterocycles. The smallest absolute Gasteiger partial charge is 0.508 e. The Morgan fingerprint density at radius 2 is 0.836 bits per heavy atom. The number of unbranched alkanes of at least 4 members (excludes halogenated alkanes) is 2. The van der Waals surface area contributed by atoms with Crippen LogP contribution in [0.4, 0.5) is 110 Å². The molecule has 5 fully saturated rings. The fourth-order valence-electron chi connectivity index (χ4n) is 15.9. The third-order valence-corrected chi connectivity index (χ3v) is 34.2. The fourth-order valence-corrected chi connectivity index (χ4v) is 25.6. The number of alkyl halides is 19. The van der Waals surface area contributed by atoms with Gasteiger partial charge in [0.1, 0.15) is 62.2 Å².